The zero-order chi connectivity index (χ0) is 33.0. The van der Waals surface area contributed by atoms with Crippen molar-refractivity contribution in [3.63, 3.8) is 0 Å². The van der Waals surface area contributed by atoms with E-state index in [0.29, 0.717) is 23.1 Å². The van der Waals surface area contributed by atoms with Gasteiger partial charge >= 0.3 is 0 Å². The summed E-state index contributed by atoms with van der Waals surface area (Å²) in [5.74, 6) is 1.24. The second-order valence-electron chi connectivity index (χ2n) is 12.2. The van der Waals surface area contributed by atoms with Gasteiger partial charge in [-0.05, 0) is 35.4 Å². The number of fused-ring (bicyclic) bond motifs is 6. The topological polar surface area (TPSA) is 77.8 Å². The van der Waals surface area contributed by atoms with Crippen LogP contribution < -0.4 is 0 Å². The lowest BCUT2D eigenvalue weighted by molar-refractivity contribution is 0.653. The van der Waals surface area contributed by atoms with Gasteiger partial charge in [0.15, 0.2) is 11.6 Å². The first-order chi connectivity index (χ1) is 24.8. The molecular weight excluding hydrogens is 617 g/mol. The molecule has 0 aliphatic rings. The summed E-state index contributed by atoms with van der Waals surface area (Å²) in [5, 5.41) is 3.77. The van der Waals surface area contributed by atoms with E-state index in [-0.39, 0.29) is 0 Å². The summed E-state index contributed by atoms with van der Waals surface area (Å²) in [7, 11) is 0. The molecule has 0 aliphatic heterocycles. The highest BCUT2D eigenvalue weighted by Crippen LogP contribution is 2.40. The molecule has 6 heteroatoms. The van der Waals surface area contributed by atoms with Crippen molar-refractivity contribution in [2.45, 2.75) is 0 Å². The van der Waals surface area contributed by atoms with Crippen molar-refractivity contribution < 1.29 is 8.83 Å². The lowest BCUT2D eigenvalue weighted by Crippen LogP contribution is -1.95. The summed E-state index contributed by atoms with van der Waals surface area (Å²) < 4.78 is 12.6. The van der Waals surface area contributed by atoms with Crippen molar-refractivity contribution in [1.82, 2.24) is 19.9 Å². The van der Waals surface area contributed by atoms with Gasteiger partial charge in [-0.1, -0.05) is 133 Å². The van der Waals surface area contributed by atoms with Crippen LogP contribution in [-0.2, 0) is 0 Å². The van der Waals surface area contributed by atoms with Crippen LogP contribution in [0.15, 0.2) is 167 Å². The minimum absolute atomic E-state index is 0.566. The smallest absolute Gasteiger partial charge is 0.231 e. The summed E-state index contributed by atoms with van der Waals surface area (Å²) in [4.78, 5) is 20.1. The zero-order valence-electron chi connectivity index (χ0n) is 26.6. The van der Waals surface area contributed by atoms with Gasteiger partial charge in [0.2, 0.25) is 11.4 Å². The molecule has 234 valence electrons. The molecule has 0 unspecified atom stereocenters. The molecule has 6 nitrogen and oxygen atoms in total. The van der Waals surface area contributed by atoms with Gasteiger partial charge in [0.1, 0.15) is 11.2 Å². The molecule has 0 bridgehead atoms. The van der Waals surface area contributed by atoms with Crippen molar-refractivity contribution in [3.05, 3.63) is 158 Å². The van der Waals surface area contributed by atoms with E-state index in [1.165, 1.54) is 0 Å². The van der Waals surface area contributed by atoms with Gasteiger partial charge < -0.3 is 8.83 Å². The van der Waals surface area contributed by atoms with Crippen LogP contribution in [0.1, 0.15) is 0 Å². The Kier molecular flexibility index (Phi) is 6.39. The highest BCUT2D eigenvalue weighted by molar-refractivity contribution is 6.12. The lowest BCUT2D eigenvalue weighted by atomic mass is 9.97. The first-order valence-electron chi connectivity index (χ1n) is 16.5. The molecule has 0 saturated carbocycles. The zero-order valence-corrected chi connectivity index (χ0v) is 26.6. The molecule has 0 atom stereocenters. The van der Waals surface area contributed by atoms with Crippen molar-refractivity contribution in [1.29, 1.82) is 0 Å². The fourth-order valence-corrected chi connectivity index (χ4v) is 6.79. The molecule has 50 heavy (non-hydrogen) atoms. The summed E-state index contributed by atoms with van der Waals surface area (Å²) in [6.45, 7) is 0. The van der Waals surface area contributed by atoms with E-state index in [2.05, 4.69) is 60.7 Å². The van der Waals surface area contributed by atoms with Crippen LogP contribution in [-0.4, -0.2) is 19.9 Å². The van der Waals surface area contributed by atoms with E-state index in [1.807, 2.05) is 97.1 Å². The molecule has 0 saturated heterocycles. The third kappa shape index (κ3) is 4.65. The normalized spacial score (nSPS) is 11.6. The Morgan fingerprint density at radius 3 is 1.16 bits per heavy atom. The Balaban J connectivity index is 1.15. The van der Waals surface area contributed by atoms with Crippen molar-refractivity contribution >= 4 is 44.1 Å². The number of aromatic nitrogens is 4. The highest BCUT2D eigenvalue weighted by atomic mass is 16.3. The van der Waals surface area contributed by atoms with Crippen LogP contribution in [0.3, 0.4) is 0 Å². The van der Waals surface area contributed by atoms with Crippen LogP contribution in [0.4, 0.5) is 0 Å². The van der Waals surface area contributed by atoms with Crippen LogP contribution >= 0.6 is 0 Å². The second-order valence-corrected chi connectivity index (χ2v) is 12.2. The Hall–Kier alpha value is -6.92. The number of para-hydroxylation sites is 2. The Morgan fingerprint density at radius 2 is 0.700 bits per heavy atom. The van der Waals surface area contributed by atoms with E-state index in [4.69, 9.17) is 28.8 Å². The first-order valence-corrected chi connectivity index (χ1v) is 16.5. The van der Waals surface area contributed by atoms with Crippen LogP contribution in [0.5, 0.6) is 0 Å². The molecule has 0 spiro atoms. The Morgan fingerprint density at radius 1 is 0.320 bits per heavy atom. The standard InChI is InChI=1S/C44H26N4O2/c1-3-13-27(14-4-1)41-45-39(37-33-21-7-9-23-35(33)49-43(37)47-41)31-19-11-17-29(25-31)30-18-12-20-32(26-30)40-38-34-22-8-10-24-36(34)50-44(38)48-42(46-40)28-15-5-2-6-16-28/h1-26H. The maximum absolute atomic E-state index is 6.29. The number of nitrogens with zero attached hydrogens (tertiary/aromatic N) is 4. The van der Waals surface area contributed by atoms with Crippen LogP contribution in [0.2, 0.25) is 0 Å². The van der Waals surface area contributed by atoms with E-state index in [1.54, 1.807) is 0 Å². The van der Waals surface area contributed by atoms with Crippen LogP contribution in [0.25, 0.3) is 101 Å². The molecule has 4 heterocycles. The van der Waals surface area contributed by atoms with Gasteiger partial charge in [-0.15, -0.1) is 0 Å². The predicted octanol–water partition coefficient (Wildman–Crippen LogP) is 11.4. The third-order valence-electron chi connectivity index (χ3n) is 9.15. The largest absolute Gasteiger partial charge is 0.438 e. The summed E-state index contributed by atoms with van der Waals surface area (Å²) in [5.41, 5.74) is 10.3. The van der Waals surface area contributed by atoms with Gasteiger partial charge in [0, 0.05) is 33.0 Å². The quantitative estimate of drug-likeness (QED) is 0.186. The number of rotatable bonds is 5. The molecule has 0 fully saturated rings. The number of hydrogen-bond acceptors (Lipinski definition) is 6. The Labute approximate surface area is 286 Å². The van der Waals surface area contributed by atoms with Gasteiger partial charge in [0.05, 0.1) is 22.2 Å². The van der Waals surface area contributed by atoms with E-state index >= 15 is 0 Å². The molecule has 10 rings (SSSR count). The molecule has 0 radical (unpaired) electrons. The molecule has 0 aliphatic carbocycles. The average molecular weight is 643 g/mol. The third-order valence-corrected chi connectivity index (χ3v) is 9.15. The monoisotopic (exact) mass is 642 g/mol. The fourth-order valence-electron chi connectivity index (χ4n) is 6.79. The number of hydrogen-bond donors (Lipinski definition) is 0. The van der Waals surface area contributed by atoms with Crippen molar-refractivity contribution in [2.75, 3.05) is 0 Å². The summed E-state index contributed by atoms with van der Waals surface area (Å²) in [6.07, 6.45) is 0. The van der Waals surface area contributed by atoms with Gasteiger partial charge in [-0.25, -0.2) is 9.97 Å². The minimum Gasteiger partial charge on any atom is -0.438 e. The lowest BCUT2D eigenvalue weighted by Gasteiger charge is -2.11. The Bertz CT molecular complexity index is 2680. The van der Waals surface area contributed by atoms with Gasteiger partial charge in [-0.2, -0.15) is 9.97 Å². The maximum Gasteiger partial charge on any atom is 0.231 e. The number of furan rings is 2. The molecule has 4 aromatic heterocycles. The van der Waals surface area contributed by atoms with Gasteiger partial charge in [-0.3, -0.25) is 0 Å². The SMILES string of the molecule is c1ccc(-c2nc(-c3cccc(-c4cccc(-c5nc(-c6ccccc6)nc6oc7ccccc7c56)c4)c3)c3c(n2)oc2ccccc23)cc1. The fraction of sp³-hybridized carbons (Fsp3) is 0. The highest BCUT2D eigenvalue weighted by Gasteiger charge is 2.20. The molecular formula is C44H26N4O2. The minimum atomic E-state index is 0.566. The van der Waals surface area contributed by atoms with Crippen molar-refractivity contribution in [3.8, 4) is 56.4 Å². The summed E-state index contributed by atoms with van der Waals surface area (Å²) in [6, 6.07) is 53.1. The predicted molar refractivity (Wildman–Crippen MR) is 199 cm³/mol. The second kappa shape index (κ2) is 11.4. The van der Waals surface area contributed by atoms with Crippen LogP contribution in [0, 0.1) is 0 Å². The summed E-state index contributed by atoms with van der Waals surface area (Å²) >= 11 is 0. The molecule has 0 N–H and O–H groups in total. The van der Waals surface area contributed by atoms with E-state index in [0.717, 1.165) is 77.5 Å². The average Bonchev–Trinajstić information content (AvgIpc) is 3.76. The molecule has 0 amide bonds. The van der Waals surface area contributed by atoms with E-state index in [9.17, 15) is 0 Å². The first kappa shape index (κ1) is 28.1. The molecule has 10 aromatic rings. The van der Waals surface area contributed by atoms with Crippen molar-refractivity contribution in [2.24, 2.45) is 0 Å². The molecule has 6 aromatic carbocycles. The maximum atomic E-state index is 6.29. The number of benzene rings is 6. The van der Waals surface area contributed by atoms with Gasteiger partial charge in [0.25, 0.3) is 0 Å². The van der Waals surface area contributed by atoms with E-state index < -0.39 is 0 Å².